The molecule has 3 atom stereocenters. The fraction of sp³-hybridized carbons (Fsp3) is 0.361. The van der Waals surface area contributed by atoms with E-state index in [4.69, 9.17) is 19.3 Å². The number of benzene rings is 2. The van der Waals surface area contributed by atoms with E-state index < -0.39 is 5.79 Å². The molecule has 0 radical (unpaired) electrons. The summed E-state index contributed by atoms with van der Waals surface area (Å²) < 4.78 is 33.4. The lowest BCUT2D eigenvalue weighted by Gasteiger charge is -2.39. The summed E-state index contributed by atoms with van der Waals surface area (Å²) in [4.78, 5) is 16.8. The molecule has 3 heterocycles. The number of hydrogen-bond donors (Lipinski definition) is 1. The average Bonchev–Trinajstić information content (AvgIpc) is 3.39. The van der Waals surface area contributed by atoms with Crippen LogP contribution >= 0.6 is 0 Å². The maximum atomic E-state index is 14.0. The first kappa shape index (κ1) is 32.1. The maximum absolute atomic E-state index is 14.0. The zero-order valence-corrected chi connectivity index (χ0v) is 26.5. The third-order valence-corrected chi connectivity index (χ3v) is 7.75. The van der Waals surface area contributed by atoms with E-state index in [-0.39, 0.29) is 36.3 Å². The molecule has 4 aromatic rings. The monoisotopic (exact) mass is 612 g/mol. The number of nitrogens with one attached hydrogen (secondary N) is 1. The molecular formula is C36H41FN4O4. The molecular weight excluding hydrogens is 571 g/mol. The SMILES string of the molecule is CCOC(=O)CC1CC(/C=C/c2c(-c3ccc(F)cc3)nn(-c3ccnc(Nc4ccccc4)c3)c2C(C)CC)OC(C)(C)O1. The van der Waals surface area contributed by atoms with Crippen molar-refractivity contribution in [2.24, 2.45) is 0 Å². The van der Waals surface area contributed by atoms with E-state index in [1.165, 1.54) is 12.1 Å². The van der Waals surface area contributed by atoms with Gasteiger partial charge in [0, 0.05) is 35.5 Å². The molecule has 9 heteroatoms. The lowest BCUT2D eigenvalue weighted by molar-refractivity contribution is -0.290. The Labute approximate surface area is 264 Å². The van der Waals surface area contributed by atoms with Crippen molar-refractivity contribution in [1.82, 2.24) is 14.8 Å². The predicted octanol–water partition coefficient (Wildman–Crippen LogP) is 8.21. The number of anilines is 2. The smallest absolute Gasteiger partial charge is 0.308 e. The van der Waals surface area contributed by atoms with Crippen molar-refractivity contribution in [2.45, 2.75) is 77.8 Å². The third-order valence-electron chi connectivity index (χ3n) is 7.75. The molecule has 5 rings (SSSR count). The topological polar surface area (TPSA) is 87.5 Å². The molecule has 1 fully saturated rings. The molecule has 1 aliphatic rings. The van der Waals surface area contributed by atoms with Crippen LogP contribution in [0, 0.1) is 5.82 Å². The number of esters is 1. The van der Waals surface area contributed by atoms with Gasteiger partial charge < -0.3 is 19.5 Å². The highest BCUT2D eigenvalue weighted by molar-refractivity contribution is 5.75. The van der Waals surface area contributed by atoms with Crippen molar-refractivity contribution >= 4 is 23.6 Å². The molecule has 45 heavy (non-hydrogen) atoms. The minimum atomic E-state index is -0.882. The molecule has 2 aromatic carbocycles. The largest absolute Gasteiger partial charge is 0.466 e. The summed E-state index contributed by atoms with van der Waals surface area (Å²) in [6.07, 6.45) is 6.68. The number of carbonyl (C=O) groups is 1. The van der Waals surface area contributed by atoms with E-state index in [0.29, 0.717) is 18.8 Å². The number of rotatable bonds is 11. The Morgan fingerprint density at radius 3 is 2.60 bits per heavy atom. The molecule has 1 saturated heterocycles. The second-order valence-electron chi connectivity index (χ2n) is 11.7. The normalized spacial score (nSPS) is 18.5. The second kappa shape index (κ2) is 14.2. The standard InChI is InChI=1S/C36H41FN4O4/c1-6-24(3)35-31(18-17-29-22-30(23-33(42)43-7-2)45-36(4,5)44-29)34(25-13-15-26(37)16-14-25)40-41(35)28-19-20-38-32(21-28)39-27-11-9-8-10-12-27/h8-21,24,29-30H,6-7,22-23H2,1-5H3,(H,38,39)/b18-17+. The van der Waals surface area contributed by atoms with E-state index in [9.17, 15) is 9.18 Å². The van der Waals surface area contributed by atoms with Gasteiger partial charge in [0.15, 0.2) is 5.79 Å². The van der Waals surface area contributed by atoms with Crippen molar-refractivity contribution in [2.75, 3.05) is 11.9 Å². The Morgan fingerprint density at radius 2 is 1.89 bits per heavy atom. The van der Waals surface area contributed by atoms with Gasteiger partial charge in [0.2, 0.25) is 0 Å². The molecule has 0 saturated carbocycles. The van der Waals surface area contributed by atoms with Crippen molar-refractivity contribution in [3.8, 4) is 16.9 Å². The Bertz CT molecular complexity index is 1620. The Morgan fingerprint density at radius 1 is 1.13 bits per heavy atom. The van der Waals surface area contributed by atoms with Gasteiger partial charge in [-0.15, -0.1) is 0 Å². The van der Waals surface area contributed by atoms with Crippen LogP contribution in [0.5, 0.6) is 0 Å². The van der Waals surface area contributed by atoms with Gasteiger partial charge in [-0.2, -0.15) is 5.10 Å². The first-order chi connectivity index (χ1) is 21.7. The number of pyridine rings is 1. The van der Waals surface area contributed by atoms with Crippen molar-refractivity contribution < 1.29 is 23.4 Å². The number of hydrogen-bond acceptors (Lipinski definition) is 7. The summed E-state index contributed by atoms with van der Waals surface area (Å²) in [7, 11) is 0. The number of carbonyl (C=O) groups excluding carboxylic acids is 1. The quantitative estimate of drug-likeness (QED) is 0.171. The molecule has 3 unspecified atom stereocenters. The van der Waals surface area contributed by atoms with Crippen LogP contribution in [0.3, 0.4) is 0 Å². The zero-order chi connectivity index (χ0) is 32.0. The molecule has 1 N–H and O–H groups in total. The molecule has 2 aromatic heterocycles. The van der Waals surface area contributed by atoms with E-state index in [1.807, 2.05) is 73.1 Å². The van der Waals surface area contributed by atoms with E-state index in [2.05, 4.69) is 24.1 Å². The summed E-state index contributed by atoms with van der Waals surface area (Å²) in [5.74, 6) is -0.662. The maximum Gasteiger partial charge on any atom is 0.308 e. The van der Waals surface area contributed by atoms with Crippen LogP contribution in [0.4, 0.5) is 15.9 Å². The van der Waals surface area contributed by atoms with Gasteiger partial charge in [0.05, 0.1) is 36.6 Å². The Kier molecular flexibility index (Phi) is 10.1. The summed E-state index contributed by atoms with van der Waals surface area (Å²) in [6, 6.07) is 20.2. The van der Waals surface area contributed by atoms with Gasteiger partial charge >= 0.3 is 5.97 Å². The molecule has 236 valence electrons. The minimum absolute atomic E-state index is 0.133. The highest BCUT2D eigenvalue weighted by Crippen LogP contribution is 2.36. The van der Waals surface area contributed by atoms with Gasteiger partial charge in [-0.25, -0.2) is 14.1 Å². The van der Waals surface area contributed by atoms with Crippen LogP contribution in [0.25, 0.3) is 23.0 Å². The number of para-hydroxylation sites is 1. The lowest BCUT2D eigenvalue weighted by Crippen LogP contribution is -2.44. The van der Waals surface area contributed by atoms with Gasteiger partial charge in [-0.3, -0.25) is 4.79 Å². The Hall–Kier alpha value is -4.34. The van der Waals surface area contributed by atoms with Crippen LogP contribution in [0.15, 0.2) is 79.0 Å². The second-order valence-corrected chi connectivity index (χ2v) is 11.7. The highest BCUT2D eigenvalue weighted by atomic mass is 19.1. The summed E-state index contributed by atoms with van der Waals surface area (Å²) in [5, 5.41) is 8.49. The van der Waals surface area contributed by atoms with Gasteiger partial charge in [-0.05, 0) is 75.6 Å². The van der Waals surface area contributed by atoms with Crippen molar-refractivity contribution in [3.63, 3.8) is 0 Å². The number of halogens is 1. The average molecular weight is 613 g/mol. The highest BCUT2D eigenvalue weighted by Gasteiger charge is 2.36. The van der Waals surface area contributed by atoms with Crippen LogP contribution in [0.1, 0.15) is 71.1 Å². The van der Waals surface area contributed by atoms with E-state index in [0.717, 1.165) is 40.3 Å². The molecule has 1 aliphatic heterocycles. The molecule has 0 bridgehead atoms. The van der Waals surface area contributed by atoms with Crippen LogP contribution in [-0.2, 0) is 19.0 Å². The summed E-state index contributed by atoms with van der Waals surface area (Å²) in [5.41, 5.74) is 5.23. The third kappa shape index (κ3) is 8.04. The number of nitrogens with zero attached hydrogens (tertiary/aromatic N) is 3. The molecule has 0 aliphatic carbocycles. The van der Waals surface area contributed by atoms with Gasteiger partial charge in [0.25, 0.3) is 0 Å². The fourth-order valence-electron chi connectivity index (χ4n) is 5.58. The molecule has 0 amide bonds. The molecule has 8 nitrogen and oxygen atoms in total. The summed E-state index contributed by atoms with van der Waals surface area (Å²) in [6.45, 7) is 10.1. The van der Waals surface area contributed by atoms with E-state index >= 15 is 0 Å². The molecule has 0 spiro atoms. The first-order valence-electron chi connectivity index (χ1n) is 15.5. The van der Waals surface area contributed by atoms with Gasteiger partial charge in [0.1, 0.15) is 17.3 Å². The van der Waals surface area contributed by atoms with Crippen molar-refractivity contribution in [1.29, 1.82) is 0 Å². The first-order valence-corrected chi connectivity index (χ1v) is 15.5. The summed E-state index contributed by atoms with van der Waals surface area (Å²) >= 11 is 0. The van der Waals surface area contributed by atoms with E-state index in [1.54, 1.807) is 25.3 Å². The van der Waals surface area contributed by atoms with Gasteiger partial charge in [-0.1, -0.05) is 44.2 Å². The predicted molar refractivity (Wildman–Crippen MR) is 174 cm³/mol. The van der Waals surface area contributed by atoms with Crippen LogP contribution < -0.4 is 5.32 Å². The van der Waals surface area contributed by atoms with Crippen LogP contribution in [0.2, 0.25) is 0 Å². The zero-order valence-electron chi connectivity index (χ0n) is 26.5. The van der Waals surface area contributed by atoms with Crippen LogP contribution in [-0.4, -0.2) is 45.3 Å². The fourth-order valence-corrected chi connectivity index (χ4v) is 5.58. The van der Waals surface area contributed by atoms with Crippen molar-refractivity contribution in [3.05, 3.63) is 96.1 Å². The number of aromatic nitrogens is 3. The Balaban J connectivity index is 1.56. The minimum Gasteiger partial charge on any atom is -0.466 e. The number of ether oxygens (including phenoxy) is 3. The lowest BCUT2D eigenvalue weighted by atomic mass is 9.95.